The topological polar surface area (TPSA) is 38.0 Å². The van der Waals surface area contributed by atoms with Crippen molar-refractivity contribution >= 4 is 17.3 Å². The fraction of sp³-hybridized carbons (Fsp3) is 0.400. The quantitative estimate of drug-likeness (QED) is 0.689. The molecule has 1 aromatic carbocycles. The molecule has 1 spiro atoms. The van der Waals surface area contributed by atoms with E-state index in [2.05, 4.69) is 5.32 Å². The van der Waals surface area contributed by atoms with Crippen LogP contribution in [-0.4, -0.2) is 12.6 Å². The summed E-state index contributed by atoms with van der Waals surface area (Å²) in [6, 6.07) is 3.31. The third-order valence-corrected chi connectivity index (χ3v) is 3.52. The van der Waals surface area contributed by atoms with Crippen molar-refractivity contribution in [2.24, 2.45) is 5.73 Å². The van der Waals surface area contributed by atoms with Gasteiger partial charge in [-0.3, -0.25) is 0 Å². The zero-order chi connectivity index (χ0) is 9.92. The number of fused-ring (bicyclic) bond motifs is 2. The van der Waals surface area contributed by atoms with E-state index in [-0.39, 0.29) is 17.3 Å². The predicted molar refractivity (Wildman–Crippen MR) is 54.2 cm³/mol. The molecule has 1 fully saturated rings. The number of nitrogens with one attached hydrogen (secondary N) is 1. The first-order chi connectivity index (χ1) is 6.63. The largest absolute Gasteiger partial charge is 0.381 e. The molecule has 2 unspecified atom stereocenters. The van der Waals surface area contributed by atoms with Crippen LogP contribution < -0.4 is 11.1 Å². The first-order valence-electron chi connectivity index (χ1n) is 4.62. The molecule has 14 heavy (non-hydrogen) atoms. The molecular formula is C10H10ClFN2. The highest BCUT2D eigenvalue weighted by Crippen LogP contribution is 2.54. The third-order valence-electron chi connectivity index (χ3n) is 3.31. The number of hydrogen-bond donors (Lipinski definition) is 2. The van der Waals surface area contributed by atoms with Crippen molar-refractivity contribution in [1.29, 1.82) is 0 Å². The summed E-state index contributed by atoms with van der Waals surface area (Å²) in [6.45, 7) is 0.737. The SMILES string of the molecule is NC1CC12CNc1c(F)cc(Cl)cc12. The van der Waals surface area contributed by atoms with E-state index >= 15 is 0 Å². The number of rotatable bonds is 0. The summed E-state index contributed by atoms with van der Waals surface area (Å²) >= 11 is 5.82. The molecule has 0 aromatic heterocycles. The van der Waals surface area contributed by atoms with Crippen LogP contribution in [0.15, 0.2) is 12.1 Å². The highest BCUT2D eigenvalue weighted by atomic mass is 35.5. The minimum Gasteiger partial charge on any atom is -0.381 e. The maximum absolute atomic E-state index is 13.5. The summed E-state index contributed by atoms with van der Waals surface area (Å²) in [5, 5.41) is 3.51. The van der Waals surface area contributed by atoms with Gasteiger partial charge in [0.25, 0.3) is 0 Å². The van der Waals surface area contributed by atoms with Crippen LogP contribution in [0.1, 0.15) is 12.0 Å². The van der Waals surface area contributed by atoms with Crippen molar-refractivity contribution in [1.82, 2.24) is 0 Å². The molecule has 2 nitrogen and oxygen atoms in total. The molecule has 0 amide bonds. The first-order valence-corrected chi connectivity index (χ1v) is 5.00. The lowest BCUT2D eigenvalue weighted by Gasteiger charge is -2.07. The first kappa shape index (κ1) is 8.50. The molecule has 1 aliphatic heterocycles. The maximum Gasteiger partial charge on any atom is 0.148 e. The monoisotopic (exact) mass is 212 g/mol. The molecule has 1 aliphatic carbocycles. The second kappa shape index (κ2) is 2.41. The lowest BCUT2D eigenvalue weighted by Crippen LogP contribution is -2.20. The minimum absolute atomic E-state index is 0.0406. The lowest BCUT2D eigenvalue weighted by molar-refractivity contribution is 0.631. The van der Waals surface area contributed by atoms with Crippen LogP contribution in [-0.2, 0) is 5.41 Å². The van der Waals surface area contributed by atoms with Gasteiger partial charge in [0.15, 0.2) is 0 Å². The van der Waals surface area contributed by atoms with Gasteiger partial charge in [0.05, 0.1) is 5.69 Å². The van der Waals surface area contributed by atoms with Crippen molar-refractivity contribution in [2.45, 2.75) is 17.9 Å². The second-order valence-corrected chi connectivity index (χ2v) is 4.57. The van der Waals surface area contributed by atoms with Crippen LogP contribution in [0.2, 0.25) is 5.02 Å². The second-order valence-electron chi connectivity index (χ2n) is 4.13. The molecule has 1 heterocycles. The molecule has 3 N–H and O–H groups in total. The number of benzene rings is 1. The normalized spacial score (nSPS) is 32.9. The highest BCUT2D eigenvalue weighted by molar-refractivity contribution is 6.30. The van der Waals surface area contributed by atoms with Gasteiger partial charge in [-0.1, -0.05) is 11.6 Å². The number of nitrogens with two attached hydrogens (primary N) is 1. The van der Waals surface area contributed by atoms with E-state index < -0.39 is 0 Å². The van der Waals surface area contributed by atoms with Crippen molar-refractivity contribution in [3.05, 3.63) is 28.5 Å². The van der Waals surface area contributed by atoms with Crippen LogP contribution >= 0.6 is 11.6 Å². The molecule has 2 aliphatic rings. The molecule has 4 heteroatoms. The van der Waals surface area contributed by atoms with Crippen molar-refractivity contribution < 1.29 is 4.39 Å². The molecule has 2 atom stereocenters. The summed E-state index contributed by atoms with van der Waals surface area (Å²) in [5.41, 5.74) is 7.37. The summed E-state index contributed by atoms with van der Waals surface area (Å²) in [5.74, 6) is -0.275. The molecule has 0 saturated heterocycles. The number of hydrogen-bond acceptors (Lipinski definition) is 2. The Bertz CT molecular complexity index is 421. The van der Waals surface area contributed by atoms with Gasteiger partial charge in [-0.05, 0) is 24.1 Å². The van der Waals surface area contributed by atoms with Crippen LogP contribution in [0.25, 0.3) is 0 Å². The van der Waals surface area contributed by atoms with Crippen LogP contribution in [0.5, 0.6) is 0 Å². The van der Waals surface area contributed by atoms with Gasteiger partial charge in [-0.15, -0.1) is 0 Å². The van der Waals surface area contributed by atoms with E-state index in [9.17, 15) is 4.39 Å². The van der Waals surface area contributed by atoms with E-state index in [0.29, 0.717) is 10.7 Å². The van der Waals surface area contributed by atoms with Gasteiger partial charge >= 0.3 is 0 Å². The smallest absolute Gasteiger partial charge is 0.148 e. The summed E-state index contributed by atoms with van der Waals surface area (Å²) in [6.07, 6.45) is 0.923. The van der Waals surface area contributed by atoms with Crippen molar-refractivity contribution in [3.63, 3.8) is 0 Å². The molecular weight excluding hydrogens is 203 g/mol. The third kappa shape index (κ3) is 0.889. The van der Waals surface area contributed by atoms with E-state index in [4.69, 9.17) is 17.3 Å². The van der Waals surface area contributed by atoms with Crippen molar-refractivity contribution in [2.75, 3.05) is 11.9 Å². The molecule has 0 bridgehead atoms. The Kier molecular flexibility index (Phi) is 1.46. The fourth-order valence-electron chi connectivity index (χ4n) is 2.33. The Morgan fingerprint density at radius 1 is 1.57 bits per heavy atom. The average molecular weight is 213 g/mol. The Labute approximate surface area is 86.2 Å². The number of anilines is 1. The number of halogens is 2. The highest BCUT2D eigenvalue weighted by Gasteiger charge is 2.57. The predicted octanol–water partition coefficient (Wildman–Crippen LogP) is 1.87. The van der Waals surface area contributed by atoms with Crippen LogP contribution in [0.4, 0.5) is 10.1 Å². The van der Waals surface area contributed by atoms with E-state index in [1.54, 1.807) is 0 Å². The average Bonchev–Trinajstić information content (AvgIpc) is 2.59. The minimum atomic E-state index is -0.275. The Morgan fingerprint density at radius 3 is 2.93 bits per heavy atom. The Morgan fingerprint density at radius 2 is 2.29 bits per heavy atom. The zero-order valence-corrected chi connectivity index (χ0v) is 8.24. The Balaban J connectivity index is 2.20. The van der Waals surface area contributed by atoms with Gasteiger partial charge in [0, 0.05) is 23.0 Å². The van der Waals surface area contributed by atoms with Crippen LogP contribution in [0.3, 0.4) is 0 Å². The summed E-state index contributed by atoms with van der Waals surface area (Å²) in [4.78, 5) is 0. The van der Waals surface area contributed by atoms with Crippen LogP contribution in [0, 0.1) is 5.82 Å². The van der Waals surface area contributed by atoms with Gasteiger partial charge in [-0.25, -0.2) is 4.39 Å². The van der Waals surface area contributed by atoms with Gasteiger partial charge in [-0.2, -0.15) is 0 Å². The van der Waals surface area contributed by atoms with Gasteiger partial charge in [0.2, 0.25) is 0 Å². The molecule has 3 rings (SSSR count). The zero-order valence-electron chi connectivity index (χ0n) is 7.48. The summed E-state index contributed by atoms with van der Waals surface area (Å²) in [7, 11) is 0. The lowest BCUT2D eigenvalue weighted by atomic mass is 9.97. The van der Waals surface area contributed by atoms with E-state index in [1.807, 2.05) is 6.07 Å². The summed E-state index contributed by atoms with van der Waals surface area (Å²) < 4.78 is 13.5. The molecule has 1 saturated carbocycles. The molecule has 1 aromatic rings. The van der Waals surface area contributed by atoms with E-state index in [1.165, 1.54) is 6.07 Å². The Hall–Kier alpha value is -0.800. The molecule has 74 valence electrons. The van der Waals surface area contributed by atoms with Gasteiger partial charge < -0.3 is 11.1 Å². The van der Waals surface area contributed by atoms with E-state index in [0.717, 1.165) is 18.5 Å². The van der Waals surface area contributed by atoms with Gasteiger partial charge in [0.1, 0.15) is 5.82 Å². The molecule has 0 radical (unpaired) electrons. The maximum atomic E-state index is 13.5. The fourth-order valence-corrected chi connectivity index (χ4v) is 2.54. The standard InChI is InChI=1S/C10H10ClFN2/c11-5-1-6-9(7(12)2-5)14-4-10(6)3-8(10)13/h1-2,8,14H,3-4,13H2. The van der Waals surface area contributed by atoms with Crippen molar-refractivity contribution in [3.8, 4) is 0 Å².